The average molecular weight is 465 g/mol. The number of hydrogen-bond acceptors (Lipinski definition) is 4. The first-order valence-corrected chi connectivity index (χ1v) is 13.0. The molecule has 0 spiro atoms. The summed E-state index contributed by atoms with van der Waals surface area (Å²) >= 11 is 0. The number of nitriles is 1. The first-order chi connectivity index (χ1) is 16.5. The van der Waals surface area contributed by atoms with Gasteiger partial charge in [-0.05, 0) is 61.6 Å². The summed E-state index contributed by atoms with van der Waals surface area (Å²) in [5, 5.41) is 9.47. The van der Waals surface area contributed by atoms with Gasteiger partial charge in [-0.15, -0.1) is 0 Å². The Morgan fingerprint density at radius 3 is 2.59 bits per heavy atom. The third-order valence-electron chi connectivity index (χ3n) is 9.11. The van der Waals surface area contributed by atoms with Crippen LogP contribution in [0.5, 0.6) is 0 Å². The van der Waals surface area contributed by atoms with Crippen LogP contribution in [0.25, 0.3) is 0 Å². The van der Waals surface area contributed by atoms with E-state index in [4.69, 9.17) is 0 Å². The van der Waals surface area contributed by atoms with Crippen molar-refractivity contribution in [2.45, 2.75) is 82.1 Å². The number of rotatable bonds is 6. The fraction of sp³-hybridized carbons (Fsp3) is 0.667. The molecule has 0 aromatic heterocycles. The summed E-state index contributed by atoms with van der Waals surface area (Å²) in [7, 11) is 0. The summed E-state index contributed by atoms with van der Waals surface area (Å²) in [6.07, 6.45) is 7.24. The Morgan fingerprint density at radius 2 is 1.91 bits per heavy atom. The second-order valence-corrected chi connectivity index (χ2v) is 11.2. The van der Waals surface area contributed by atoms with Crippen LogP contribution in [0.4, 0.5) is 4.39 Å². The highest BCUT2D eigenvalue weighted by Crippen LogP contribution is 2.49. The molecule has 2 amide bonds. The molecule has 3 aliphatic heterocycles. The van der Waals surface area contributed by atoms with Gasteiger partial charge in [-0.25, -0.2) is 4.39 Å². The van der Waals surface area contributed by atoms with Crippen molar-refractivity contribution in [3.05, 3.63) is 35.6 Å². The van der Waals surface area contributed by atoms with Gasteiger partial charge in [0, 0.05) is 31.1 Å². The minimum Gasteiger partial charge on any atom is -0.330 e. The summed E-state index contributed by atoms with van der Waals surface area (Å²) in [5.74, 6) is 0.694. The number of carbonyl (C=O) groups is 2. The predicted octanol–water partition coefficient (Wildman–Crippen LogP) is 3.49. The molecule has 2 saturated carbocycles. The SMILES string of the molecule is C[C@@H](CN1C[C@@H]2C[C@H]1C(=O)N2[C@@H](c1ccc(F)cc1)C1CCCC1)C(=O)N1C2C[C@H]2C[C@H]1C#N. The standard InChI is InChI=1S/C27H33FN4O2/c1-16(26(33)31-21(13-29)10-19-11-23(19)31)14-30-15-22-12-24(30)27(34)32(22)25(17-4-2-3-5-17)18-6-8-20(28)9-7-18/h6-9,16-17,19,21-25H,2-5,10-12,14-15H2,1H3/t16-,19+,21-,22-,23?,24-,25+/m0/s1. The Balaban J connectivity index is 1.16. The number of amides is 2. The van der Waals surface area contributed by atoms with Crippen molar-refractivity contribution in [2.24, 2.45) is 17.8 Å². The Bertz CT molecular complexity index is 1020. The van der Waals surface area contributed by atoms with E-state index in [0.717, 1.165) is 44.2 Å². The first-order valence-electron chi connectivity index (χ1n) is 13.0. The number of piperidine rings is 1. The van der Waals surface area contributed by atoms with Crippen molar-refractivity contribution < 1.29 is 14.0 Å². The lowest BCUT2D eigenvalue weighted by atomic mass is 9.89. The maximum Gasteiger partial charge on any atom is 0.240 e. The van der Waals surface area contributed by atoms with Gasteiger partial charge < -0.3 is 9.80 Å². The largest absolute Gasteiger partial charge is 0.330 e. The molecule has 34 heavy (non-hydrogen) atoms. The van der Waals surface area contributed by atoms with Gasteiger partial charge in [-0.1, -0.05) is 31.9 Å². The minimum atomic E-state index is -0.284. The number of fused-ring (bicyclic) bond motifs is 3. The molecule has 5 aliphatic rings. The van der Waals surface area contributed by atoms with Gasteiger partial charge >= 0.3 is 0 Å². The molecule has 3 saturated heterocycles. The molecule has 6 nitrogen and oxygen atoms in total. The first kappa shape index (κ1) is 22.0. The van der Waals surface area contributed by atoms with E-state index in [-0.39, 0.29) is 53.8 Å². The maximum atomic E-state index is 13.7. The summed E-state index contributed by atoms with van der Waals surface area (Å²) in [4.78, 5) is 33.0. The van der Waals surface area contributed by atoms with E-state index in [2.05, 4.69) is 15.9 Å². The topological polar surface area (TPSA) is 67.7 Å². The molecular formula is C27H33FN4O2. The van der Waals surface area contributed by atoms with Crippen LogP contribution < -0.4 is 0 Å². The number of benzene rings is 1. The van der Waals surface area contributed by atoms with Crippen LogP contribution >= 0.6 is 0 Å². The highest BCUT2D eigenvalue weighted by molar-refractivity contribution is 5.86. The van der Waals surface area contributed by atoms with E-state index in [0.29, 0.717) is 18.4 Å². The van der Waals surface area contributed by atoms with Crippen LogP contribution in [0.3, 0.4) is 0 Å². The highest BCUT2D eigenvalue weighted by Gasteiger charge is 2.56. The fourth-order valence-corrected chi connectivity index (χ4v) is 7.42. The van der Waals surface area contributed by atoms with Crippen LogP contribution in [0.2, 0.25) is 0 Å². The summed E-state index contributed by atoms with van der Waals surface area (Å²) in [5.41, 5.74) is 1.04. The number of carbonyl (C=O) groups excluding carboxylic acids is 2. The molecule has 0 N–H and O–H groups in total. The van der Waals surface area contributed by atoms with E-state index < -0.39 is 0 Å². The Labute approximate surface area is 200 Å². The van der Waals surface area contributed by atoms with Crippen LogP contribution in [0.15, 0.2) is 24.3 Å². The van der Waals surface area contributed by atoms with E-state index in [1.807, 2.05) is 24.0 Å². The van der Waals surface area contributed by atoms with Gasteiger partial charge in [-0.3, -0.25) is 14.5 Å². The Morgan fingerprint density at radius 1 is 1.18 bits per heavy atom. The number of likely N-dealkylation sites (tertiary alicyclic amines) is 3. The fourth-order valence-electron chi connectivity index (χ4n) is 7.42. The predicted molar refractivity (Wildman–Crippen MR) is 124 cm³/mol. The third-order valence-corrected chi connectivity index (χ3v) is 9.11. The molecule has 7 heteroatoms. The molecule has 5 fully saturated rings. The quantitative estimate of drug-likeness (QED) is 0.646. The zero-order chi connectivity index (χ0) is 23.6. The summed E-state index contributed by atoms with van der Waals surface area (Å²) in [6, 6.07) is 8.98. The average Bonchev–Trinajstić information content (AvgIpc) is 3.25. The van der Waals surface area contributed by atoms with Crippen molar-refractivity contribution in [2.75, 3.05) is 13.1 Å². The molecule has 2 aliphatic carbocycles. The van der Waals surface area contributed by atoms with Crippen LogP contribution in [0.1, 0.15) is 63.5 Å². The molecule has 3 heterocycles. The maximum absolute atomic E-state index is 13.7. The number of halogens is 1. The van der Waals surface area contributed by atoms with Gasteiger partial charge in [0.1, 0.15) is 11.9 Å². The Hall–Kier alpha value is -2.46. The summed E-state index contributed by atoms with van der Waals surface area (Å²) < 4.78 is 13.6. The van der Waals surface area contributed by atoms with E-state index in [1.54, 1.807) is 0 Å². The van der Waals surface area contributed by atoms with Crippen molar-refractivity contribution in [3.63, 3.8) is 0 Å². The highest BCUT2D eigenvalue weighted by atomic mass is 19.1. The lowest BCUT2D eigenvalue weighted by Gasteiger charge is -2.42. The van der Waals surface area contributed by atoms with Crippen molar-refractivity contribution >= 4 is 11.8 Å². The van der Waals surface area contributed by atoms with Gasteiger partial charge in [0.2, 0.25) is 11.8 Å². The van der Waals surface area contributed by atoms with Crippen molar-refractivity contribution in [3.8, 4) is 6.07 Å². The van der Waals surface area contributed by atoms with E-state index in [1.165, 1.54) is 25.0 Å². The van der Waals surface area contributed by atoms with Gasteiger partial charge in [0.05, 0.1) is 18.2 Å². The molecule has 180 valence electrons. The molecule has 1 unspecified atom stereocenters. The molecule has 2 bridgehead atoms. The van der Waals surface area contributed by atoms with E-state index in [9.17, 15) is 19.2 Å². The zero-order valence-corrected chi connectivity index (χ0v) is 19.8. The molecule has 6 rings (SSSR count). The van der Waals surface area contributed by atoms with Crippen LogP contribution in [0, 0.1) is 34.9 Å². The van der Waals surface area contributed by atoms with E-state index >= 15 is 0 Å². The lowest BCUT2D eigenvalue weighted by Crippen LogP contribution is -2.54. The lowest BCUT2D eigenvalue weighted by molar-refractivity contribution is -0.143. The smallest absolute Gasteiger partial charge is 0.240 e. The normalized spacial score (nSPS) is 34.4. The molecular weight excluding hydrogens is 431 g/mol. The molecule has 7 atom stereocenters. The number of nitrogens with zero attached hydrogens (tertiary/aromatic N) is 4. The molecule has 1 aromatic carbocycles. The molecule has 1 aromatic rings. The number of hydrogen-bond donors (Lipinski definition) is 0. The van der Waals surface area contributed by atoms with Crippen molar-refractivity contribution in [1.29, 1.82) is 5.26 Å². The minimum absolute atomic E-state index is 0.0135. The van der Waals surface area contributed by atoms with Gasteiger partial charge in [0.15, 0.2) is 0 Å². The Kier molecular flexibility index (Phi) is 5.40. The third kappa shape index (κ3) is 3.53. The van der Waals surface area contributed by atoms with Crippen molar-refractivity contribution in [1.82, 2.24) is 14.7 Å². The second-order valence-electron chi connectivity index (χ2n) is 11.2. The second kappa shape index (κ2) is 8.34. The van der Waals surface area contributed by atoms with Gasteiger partial charge in [0.25, 0.3) is 0 Å². The summed E-state index contributed by atoms with van der Waals surface area (Å²) in [6.45, 7) is 3.29. The van der Waals surface area contributed by atoms with Crippen LogP contribution in [-0.2, 0) is 9.59 Å². The van der Waals surface area contributed by atoms with Crippen LogP contribution in [-0.4, -0.2) is 63.8 Å². The monoisotopic (exact) mass is 464 g/mol. The van der Waals surface area contributed by atoms with Gasteiger partial charge in [-0.2, -0.15) is 5.26 Å². The zero-order valence-electron chi connectivity index (χ0n) is 19.8. The number of piperazine rings is 1. The molecule has 0 radical (unpaired) electrons.